The third kappa shape index (κ3) is 2.96. The molecule has 2 atom stereocenters. The summed E-state index contributed by atoms with van der Waals surface area (Å²) in [4.78, 5) is 15.4. The summed E-state index contributed by atoms with van der Waals surface area (Å²) in [5, 5.41) is 9.55. The van der Waals surface area contributed by atoms with Gasteiger partial charge in [0, 0.05) is 18.8 Å². The molecule has 0 saturated carbocycles. The van der Waals surface area contributed by atoms with Crippen molar-refractivity contribution in [1.82, 2.24) is 4.90 Å². The smallest absolute Gasteiger partial charge is 0.422 e. The van der Waals surface area contributed by atoms with Crippen molar-refractivity contribution < 1.29 is 27.8 Å². The quantitative estimate of drug-likeness (QED) is 0.928. The molecule has 0 spiro atoms. The molecule has 2 aliphatic heterocycles. The predicted molar refractivity (Wildman–Crippen MR) is 71.9 cm³/mol. The van der Waals surface area contributed by atoms with Crippen molar-refractivity contribution in [2.24, 2.45) is 0 Å². The summed E-state index contributed by atoms with van der Waals surface area (Å²) < 4.78 is 40.9. The lowest BCUT2D eigenvalue weighted by Gasteiger charge is -2.18. The van der Waals surface area contributed by atoms with E-state index in [0.29, 0.717) is 25.2 Å². The summed E-state index contributed by atoms with van der Waals surface area (Å²) in [5.41, 5.74) is 0.605. The number of alkyl halides is 3. The Morgan fingerprint density at radius 2 is 1.91 bits per heavy atom. The number of carbonyl (C=O) groups excluding carboxylic acids is 1. The summed E-state index contributed by atoms with van der Waals surface area (Å²) in [6.45, 7) is -0.547. The minimum atomic E-state index is -4.38. The predicted octanol–water partition coefficient (Wildman–Crippen LogP) is 2.00. The number of carbonyl (C=O) groups is 1. The molecule has 2 amide bonds. The van der Waals surface area contributed by atoms with E-state index >= 15 is 0 Å². The number of hydrogen-bond donors (Lipinski definition) is 1. The molecule has 22 heavy (non-hydrogen) atoms. The lowest BCUT2D eigenvalue weighted by Crippen LogP contribution is -2.33. The number of amides is 2. The van der Waals surface area contributed by atoms with Crippen molar-refractivity contribution in [2.75, 3.05) is 24.6 Å². The van der Waals surface area contributed by atoms with Crippen LogP contribution >= 0.6 is 0 Å². The molecule has 120 valence electrons. The van der Waals surface area contributed by atoms with E-state index in [1.165, 1.54) is 12.1 Å². The maximum atomic E-state index is 12.2. The molecule has 1 N–H and O–H groups in total. The minimum Gasteiger partial charge on any atom is -0.484 e. The van der Waals surface area contributed by atoms with Gasteiger partial charge in [0.25, 0.3) is 0 Å². The lowest BCUT2D eigenvalue weighted by atomic mass is 10.2. The van der Waals surface area contributed by atoms with Gasteiger partial charge in [-0.25, -0.2) is 4.79 Å². The largest absolute Gasteiger partial charge is 0.484 e. The fourth-order valence-electron chi connectivity index (χ4n) is 2.85. The Labute approximate surface area is 124 Å². The zero-order chi connectivity index (χ0) is 15.9. The summed E-state index contributed by atoms with van der Waals surface area (Å²) in [6.07, 6.45) is -4.31. The number of ether oxygens (including phenoxy) is 1. The van der Waals surface area contributed by atoms with Crippen LogP contribution in [0.3, 0.4) is 0 Å². The highest BCUT2D eigenvalue weighted by molar-refractivity contribution is 5.95. The molecule has 1 aromatic carbocycles. The number of aliphatic hydroxyl groups is 1. The van der Waals surface area contributed by atoms with Crippen molar-refractivity contribution >= 4 is 11.7 Å². The normalized spacial score (nSPS) is 24.8. The molecule has 0 unspecified atom stereocenters. The third-order valence-corrected chi connectivity index (χ3v) is 3.81. The molecule has 5 nitrogen and oxygen atoms in total. The van der Waals surface area contributed by atoms with E-state index in [1.807, 2.05) is 0 Å². The summed E-state index contributed by atoms with van der Waals surface area (Å²) in [5.74, 6) is 0.101. The second-order valence-corrected chi connectivity index (χ2v) is 5.49. The van der Waals surface area contributed by atoms with Gasteiger partial charge < -0.3 is 14.7 Å². The molecule has 2 aliphatic rings. The van der Waals surface area contributed by atoms with Gasteiger partial charge in [-0.05, 0) is 30.7 Å². The molecule has 2 heterocycles. The first-order valence-corrected chi connectivity index (χ1v) is 6.89. The number of rotatable bonds is 3. The molecule has 2 fully saturated rings. The second kappa shape index (κ2) is 5.35. The zero-order valence-electron chi connectivity index (χ0n) is 11.6. The highest BCUT2D eigenvalue weighted by Gasteiger charge is 2.43. The highest BCUT2D eigenvalue weighted by Crippen LogP contribution is 2.31. The number of nitrogens with zero attached hydrogens (tertiary/aromatic N) is 2. The average Bonchev–Trinajstić information content (AvgIpc) is 2.95. The second-order valence-electron chi connectivity index (χ2n) is 5.49. The van der Waals surface area contributed by atoms with Crippen LogP contribution in [0.1, 0.15) is 6.42 Å². The van der Waals surface area contributed by atoms with Gasteiger partial charge in [-0.2, -0.15) is 13.2 Å². The Kier molecular flexibility index (Phi) is 3.64. The Balaban J connectivity index is 1.65. The van der Waals surface area contributed by atoms with Crippen molar-refractivity contribution in [3.63, 3.8) is 0 Å². The number of hydrogen-bond acceptors (Lipinski definition) is 3. The van der Waals surface area contributed by atoms with Gasteiger partial charge in [-0.15, -0.1) is 0 Å². The van der Waals surface area contributed by atoms with E-state index in [4.69, 9.17) is 0 Å². The zero-order valence-corrected chi connectivity index (χ0v) is 11.6. The monoisotopic (exact) mass is 316 g/mol. The van der Waals surface area contributed by atoms with Crippen LogP contribution in [0, 0.1) is 0 Å². The van der Waals surface area contributed by atoms with Gasteiger partial charge in [-0.3, -0.25) is 4.90 Å². The molecule has 0 aliphatic carbocycles. The number of urea groups is 1. The summed E-state index contributed by atoms with van der Waals surface area (Å²) >= 11 is 0. The summed E-state index contributed by atoms with van der Waals surface area (Å²) in [6, 6.07) is 5.73. The average molecular weight is 316 g/mol. The van der Waals surface area contributed by atoms with Crippen LogP contribution in [0.2, 0.25) is 0 Å². The third-order valence-electron chi connectivity index (χ3n) is 3.81. The summed E-state index contributed by atoms with van der Waals surface area (Å²) in [7, 11) is 0. The van der Waals surface area contributed by atoms with Crippen LogP contribution in [0.4, 0.5) is 23.7 Å². The van der Waals surface area contributed by atoms with Crippen LogP contribution in [-0.2, 0) is 0 Å². The first-order chi connectivity index (χ1) is 10.3. The van der Waals surface area contributed by atoms with E-state index in [0.717, 1.165) is 0 Å². The number of anilines is 1. The van der Waals surface area contributed by atoms with Crippen LogP contribution in [0.15, 0.2) is 24.3 Å². The molecular weight excluding hydrogens is 301 g/mol. The molecule has 0 radical (unpaired) electrons. The SMILES string of the molecule is O=C1N(c2ccc(OCC(F)(F)F)cc2)C[C@H]2C[C@@H](O)CN12. The molecular formula is C14H15F3N2O3. The van der Waals surface area contributed by atoms with Crippen molar-refractivity contribution in [1.29, 1.82) is 0 Å². The van der Waals surface area contributed by atoms with E-state index < -0.39 is 18.9 Å². The first-order valence-electron chi connectivity index (χ1n) is 6.89. The molecule has 8 heteroatoms. The van der Waals surface area contributed by atoms with Gasteiger partial charge in [0.05, 0.1) is 12.1 Å². The van der Waals surface area contributed by atoms with Crippen molar-refractivity contribution in [3.8, 4) is 5.75 Å². The molecule has 0 aromatic heterocycles. The minimum absolute atomic E-state index is 0.0105. The number of aliphatic hydroxyl groups excluding tert-OH is 1. The van der Waals surface area contributed by atoms with Gasteiger partial charge in [0.15, 0.2) is 6.61 Å². The lowest BCUT2D eigenvalue weighted by molar-refractivity contribution is -0.153. The maximum absolute atomic E-state index is 12.2. The maximum Gasteiger partial charge on any atom is 0.422 e. The molecule has 1 aromatic rings. The van der Waals surface area contributed by atoms with Gasteiger partial charge in [0.1, 0.15) is 5.75 Å². The van der Waals surface area contributed by atoms with Gasteiger partial charge in [-0.1, -0.05) is 0 Å². The van der Waals surface area contributed by atoms with E-state index in [9.17, 15) is 23.1 Å². The topological polar surface area (TPSA) is 53.0 Å². The standard InChI is InChI=1S/C14H15F3N2O3/c15-14(16,17)8-22-12-3-1-9(2-4-12)18-6-10-5-11(20)7-19(10)13(18)21/h1-4,10-11,20H,5-8H2/t10-,11-/m1/s1. The van der Waals surface area contributed by atoms with E-state index in [-0.39, 0.29) is 17.8 Å². The number of halogens is 3. The molecule has 2 saturated heterocycles. The van der Waals surface area contributed by atoms with E-state index in [1.54, 1.807) is 21.9 Å². The Hall–Kier alpha value is -1.96. The molecule has 3 rings (SSSR count). The fourth-order valence-corrected chi connectivity index (χ4v) is 2.85. The fraction of sp³-hybridized carbons (Fsp3) is 0.500. The number of fused-ring (bicyclic) bond motifs is 1. The van der Waals surface area contributed by atoms with Crippen LogP contribution in [0.5, 0.6) is 5.75 Å². The van der Waals surface area contributed by atoms with Crippen LogP contribution in [-0.4, -0.2) is 54.1 Å². The first kappa shape index (κ1) is 15.0. The van der Waals surface area contributed by atoms with Crippen LogP contribution < -0.4 is 9.64 Å². The van der Waals surface area contributed by atoms with Crippen LogP contribution in [0.25, 0.3) is 0 Å². The van der Waals surface area contributed by atoms with Gasteiger partial charge in [0.2, 0.25) is 0 Å². The van der Waals surface area contributed by atoms with E-state index in [2.05, 4.69) is 4.74 Å². The number of benzene rings is 1. The Morgan fingerprint density at radius 3 is 2.50 bits per heavy atom. The Morgan fingerprint density at radius 1 is 1.23 bits per heavy atom. The Bertz CT molecular complexity index is 561. The molecule has 0 bridgehead atoms. The highest BCUT2D eigenvalue weighted by atomic mass is 19.4. The van der Waals surface area contributed by atoms with Crippen molar-refractivity contribution in [2.45, 2.75) is 24.7 Å². The van der Waals surface area contributed by atoms with Gasteiger partial charge >= 0.3 is 12.2 Å². The van der Waals surface area contributed by atoms with Crippen molar-refractivity contribution in [3.05, 3.63) is 24.3 Å².